The van der Waals surface area contributed by atoms with E-state index in [1.54, 1.807) is 0 Å². The lowest BCUT2D eigenvalue weighted by Gasteiger charge is -2.39. The van der Waals surface area contributed by atoms with E-state index >= 15 is 0 Å². The minimum atomic E-state index is 0.369. The highest BCUT2D eigenvalue weighted by Crippen LogP contribution is 2.35. The van der Waals surface area contributed by atoms with Crippen LogP contribution in [0.4, 0.5) is 0 Å². The Morgan fingerprint density at radius 1 is 1.41 bits per heavy atom. The van der Waals surface area contributed by atoms with E-state index in [0.717, 1.165) is 39.5 Å². The van der Waals surface area contributed by atoms with Crippen LogP contribution in [0.15, 0.2) is 17.5 Å². The highest BCUT2D eigenvalue weighted by atomic mass is 32.1. The van der Waals surface area contributed by atoms with Crippen LogP contribution in [0.25, 0.3) is 0 Å². The molecule has 1 saturated carbocycles. The van der Waals surface area contributed by atoms with Gasteiger partial charge in [0.2, 0.25) is 0 Å². The van der Waals surface area contributed by atoms with Gasteiger partial charge in [-0.25, -0.2) is 0 Å². The number of ether oxygens (including phenoxy) is 2. The first-order valence-electron chi connectivity index (χ1n) is 8.34. The summed E-state index contributed by atoms with van der Waals surface area (Å²) in [7, 11) is 4.17. The standard InChI is InChI=1S/C17H28N2O2S/c1-18(2)7-9-20-13-14-5-6-16-17(14)21-10-8-19(16)12-15-4-3-11-22-15/h3-4,11,14,16-17H,5-10,12-13H2,1-2H3/t14-,16+,17+/m0/s1. The SMILES string of the molecule is CN(C)CCOC[C@@H]1CC[C@@H]2[C@@H]1OCCN2Cc1cccs1. The summed E-state index contributed by atoms with van der Waals surface area (Å²) >= 11 is 1.86. The summed E-state index contributed by atoms with van der Waals surface area (Å²) in [5, 5.41) is 2.17. The molecule has 1 aliphatic carbocycles. The minimum Gasteiger partial charge on any atom is -0.380 e. The Balaban J connectivity index is 1.49. The lowest BCUT2D eigenvalue weighted by Crippen LogP contribution is -2.50. The molecule has 0 radical (unpaired) electrons. The summed E-state index contributed by atoms with van der Waals surface area (Å²) in [4.78, 5) is 6.25. The van der Waals surface area contributed by atoms with Gasteiger partial charge in [0, 0.05) is 36.5 Å². The van der Waals surface area contributed by atoms with Gasteiger partial charge < -0.3 is 14.4 Å². The maximum absolute atomic E-state index is 6.11. The average Bonchev–Trinajstić information content (AvgIpc) is 3.14. The highest BCUT2D eigenvalue weighted by molar-refractivity contribution is 7.09. The molecule has 5 heteroatoms. The third kappa shape index (κ3) is 4.09. The maximum Gasteiger partial charge on any atom is 0.0781 e. The Labute approximate surface area is 138 Å². The molecule has 1 aromatic rings. The van der Waals surface area contributed by atoms with Crippen LogP contribution in [-0.2, 0) is 16.0 Å². The van der Waals surface area contributed by atoms with Crippen molar-refractivity contribution in [2.75, 3.05) is 47.0 Å². The maximum atomic E-state index is 6.11. The lowest BCUT2D eigenvalue weighted by atomic mass is 10.0. The molecule has 2 aliphatic rings. The van der Waals surface area contributed by atoms with Gasteiger partial charge >= 0.3 is 0 Å². The summed E-state index contributed by atoms with van der Waals surface area (Å²) < 4.78 is 12.0. The van der Waals surface area contributed by atoms with Crippen LogP contribution in [-0.4, -0.2) is 69.0 Å². The fraction of sp³-hybridized carbons (Fsp3) is 0.765. The Morgan fingerprint density at radius 3 is 3.09 bits per heavy atom. The Kier molecular flexibility index (Phi) is 5.88. The van der Waals surface area contributed by atoms with Crippen molar-refractivity contribution >= 4 is 11.3 Å². The molecule has 3 atom stereocenters. The number of fused-ring (bicyclic) bond motifs is 1. The quantitative estimate of drug-likeness (QED) is 0.719. The van der Waals surface area contributed by atoms with Gasteiger partial charge in [0.25, 0.3) is 0 Å². The van der Waals surface area contributed by atoms with E-state index in [-0.39, 0.29) is 0 Å². The van der Waals surface area contributed by atoms with Crippen LogP contribution in [0.1, 0.15) is 17.7 Å². The number of morpholine rings is 1. The Bertz CT molecular complexity index is 438. The van der Waals surface area contributed by atoms with Crippen LogP contribution in [0, 0.1) is 5.92 Å². The van der Waals surface area contributed by atoms with E-state index in [2.05, 4.69) is 41.4 Å². The zero-order chi connectivity index (χ0) is 15.4. The fourth-order valence-electron chi connectivity index (χ4n) is 3.60. The van der Waals surface area contributed by atoms with Crippen molar-refractivity contribution in [2.45, 2.75) is 31.5 Å². The van der Waals surface area contributed by atoms with E-state index in [1.165, 1.54) is 17.7 Å². The molecule has 0 spiro atoms. The van der Waals surface area contributed by atoms with Crippen LogP contribution >= 0.6 is 11.3 Å². The predicted octanol–water partition coefficient (Wildman–Crippen LogP) is 2.31. The van der Waals surface area contributed by atoms with Gasteiger partial charge in [0.05, 0.1) is 25.9 Å². The number of nitrogens with zero attached hydrogens (tertiary/aromatic N) is 2. The van der Waals surface area contributed by atoms with Crippen molar-refractivity contribution in [3.63, 3.8) is 0 Å². The molecule has 22 heavy (non-hydrogen) atoms. The Morgan fingerprint density at radius 2 is 2.32 bits per heavy atom. The van der Waals surface area contributed by atoms with Crippen molar-refractivity contribution in [3.8, 4) is 0 Å². The third-order valence-corrected chi connectivity index (χ3v) is 5.65. The average molecular weight is 324 g/mol. The van der Waals surface area contributed by atoms with Crippen molar-refractivity contribution in [1.29, 1.82) is 0 Å². The molecule has 0 aromatic carbocycles. The second-order valence-corrected chi connectivity index (χ2v) is 7.70. The van der Waals surface area contributed by atoms with Crippen molar-refractivity contribution in [1.82, 2.24) is 9.80 Å². The molecule has 1 aromatic heterocycles. The van der Waals surface area contributed by atoms with Crippen LogP contribution in [0.3, 0.4) is 0 Å². The van der Waals surface area contributed by atoms with E-state index in [1.807, 2.05) is 11.3 Å². The van der Waals surface area contributed by atoms with Crippen LogP contribution in [0.2, 0.25) is 0 Å². The molecule has 2 fully saturated rings. The first-order chi connectivity index (χ1) is 10.7. The monoisotopic (exact) mass is 324 g/mol. The number of likely N-dealkylation sites (N-methyl/N-ethyl adjacent to an activating group) is 1. The summed E-state index contributed by atoms with van der Waals surface area (Å²) in [5.74, 6) is 0.568. The summed E-state index contributed by atoms with van der Waals surface area (Å²) in [6.45, 7) is 5.66. The smallest absolute Gasteiger partial charge is 0.0781 e. The summed E-state index contributed by atoms with van der Waals surface area (Å²) in [6, 6.07) is 4.97. The minimum absolute atomic E-state index is 0.369. The second-order valence-electron chi connectivity index (χ2n) is 6.67. The second kappa shape index (κ2) is 7.88. The first-order valence-corrected chi connectivity index (χ1v) is 9.22. The van der Waals surface area contributed by atoms with E-state index < -0.39 is 0 Å². The molecule has 124 valence electrons. The first kappa shape index (κ1) is 16.4. The van der Waals surface area contributed by atoms with Crippen LogP contribution in [0.5, 0.6) is 0 Å². The number of hydrogen-bond donors (Lipinski definition) is 0. The van der Waals surface area contributed by atoms with Gasteiger partial charge in [-0.3, -0.25) is 4.90 Å². The topological polar surface area (TPSA) is 24.9 Å². The summed E-state index contributed by atoms with van der Waals surface area (Å²) in [5.41, 5.74) is 0. The van der Waals surface area contributed by atoms with Crippen molar-refractivity contribution in [3.05, 3.63) is 22.4 Å². The largest absolute Gasteiger partial charge is 0.380 e. The van der Waals surface area contributed by atoms with Crippen LogP contribution < -0.4 is 0 Å². The van der Waals surface area contributed by atoms with Gasteiger partial charge in [-0.2, -0.15) is 0 Å². The Hall–Kier alpha value is -0.460. The lowest BCUT2D eigenvalue weighted by molar-refractivity contribution is -0.0881. The zero-order valence-corrected chi connectivity index (χ0v) is 14.6. The molecule has 0 N–H and O–H groups in total. The molecule has 1 saturated heterocycles. The number of thiophene rings is 1. The molecular formula is C17H28N2O2S. The van der Waals surface area contributed by atoms with Crippen molar-refractivity contribution < 1.29 is 9.47 Å². The van der Waals surface area contributed by atoms with E-state index in [0.29, 0.717) is 18.1 Å². The van der Waals surface area contributed by atoms with Gasteiger partial charge in [0.15, 0.2) is 0 Å². The fourth-order valence-corrected chi connectivity index (χ4v) is 4.33. The van der Waals surface area contributed by atoms with Crippen molar-refractivity contribution in [2.24, 2.45) is 5.92 Å². The predicted molar refractivity (Wildman–Crippen MR) is 90.4 cm³/mol. The van der Waals surface area contributed by atoms with Gasteiger partial charge in [-0.05, 0) is 38.4 Å². The molecule has 0 amide bonds. The third-order valence-electron chi connectivity index (χ3n) is 4.79. The molecule has 1 aliphatic heterocycles. The number of rotatable bonds is 7. The zero-order valence-electron chi connectivity index (χ0n) is 13.7. The summed E-state index contributed by atoms with van der Waals surface area (Å²) in [6.07, 6.45) is 2.85. The molecule has 3 rings (SSSR count). The van der Waals surface area contributed by atoms with Gasteiger partial charge in [-0.1, -0.05) is 6.07 Å². The highest BCUT2D eigenvalue weighted by Gasteiger charge is 2.42. The van der Waals surface area contributed by atoms with Gasteiger partial charge in [0.1, 0.15) is 0 Å². The van der Waals surface area contributed by atoms with Gasteiger partial charge in [-0.15, -0.1) is 11.3 Å². The molecule has 2 heterocycles. The van der Waals surface area contributed by atoms with E-state index in [9.17, 15) is 0 Å². The molecule has 0 bridgehead atoms. The van der Waals surface area contributed by atoms with E-state index in [4.69, 9.17) is 9.47 Å². The molecular weight excluding hydrogens is 296 g/mol. The number of hydrogen-bond acceptors (Lipinski definition) is 5. The molecule has 4 nitrogen and oxygen atoms in total. The normalized spacial score (nSPS) is 29.1. The molecule has 0 unspecified atom stereocenters.